The highest BCUT2D eigenvalue weighted by molar-refractivity contribution is 5.89. The quantitative estimate of drug-likeness (QED) is 0.815. The van der Waals surface area contributed by atoms with Crippen LogP contribution in [0.15, 0.2) is 54.6 Å². The number of hydrogen-bond acceptors (Lipinski definition) is 3. The zero-order chi connectivity index (χ0) is 17.5. The van der Waals surface area contributed by atoms with Crippen LogP contribution in [-0.4, -0.2) is 25.0 Å². The Morgan fingerprint density at radius 3 is 2.29 bits per heavy atom. The highest BCUT2D eigenvalue weighted by atomic mass is 16.5. The van der Waals surface area contributed by atoms with Crippen molar-refractivity contribution in [3.8, 4) is 0 Å². The Labute approximate surface area is 141 Å². The van der Waals surface area contributed by atoms with Gasteiger partial charge in [-0.25, -0.2) is 0 Å². The first kappa shape index (κ1) is 17.7. The van der Waals surface area contributed by atoms with Crippen molar-refractivity contribution in [2.45, 2.75) is 25.5 Å². The number of benzene rings is 2. The van der Waals surface area contributed by atoms with Crippen LogP contribution in [-0.2, 0) is 20.7 Å². The first-order valence-corrected chi connectivity index (χ1v) is 7.75. The molecular formula is C19H22N2O3. The molecule has 24 heavy (non-hydrogen) atoms. The lowest BCUT2D eigenvalue weighted by atomic mass is 10.00. The van der Waals surface area contributed by atoms with E-state index in [2.05, 4.69) is 5.32 Å². The average Bonchev–Trinajstić information content (AvgIpc) is 2.57. The second kappa shape index (κ2) is 8.26. The van der Waals surface area contributed by atoms with E-state index in [0.717, 1.165) is 16.7 Å². The van der Waals surface area contributed by atoms with Crippen molar-refractivity contribution in [3.63, 3.8) is 0 Å². The molecule has 5 nitrogen and oxygen atoms in total. The first-order valence-electron chi connectivity index (χ1n) is 7.75. The normalized spacial score (nSPS) is 13.1. The summed E-state index contributed by atoms with van der Waals surface area (Å²) in [6.07, 6.45) is -0.441. The van der Waals surface area contributed by atoms with Gasteiger partial charge in [0.25, 0.3) is 5.91 Å². The highest BCUT2D eigenvalue weighted by Crippen LogP contribution is 2.17. The van der Waals surface area contributed by atoms with Crippen LogP contribution in [0.25, 0.3) is 0 Å². The Kier molecular flexibility index (Phi) is 6.09. The predicted octanol–water partition coefficient (Wildman–Crippen LogP) is 1.90. The molecule has 0 saturated heterocycles. The van der Waals surface area contributed by atoms with E-state index in [1.165, 1.54) is 7.11 Å². The molecule has 0 fully saturated rings. The molecule has 0 unspecified atom stereocenters. The van der Waals surface area contributed by atoms with Crippen molar-refractivity contribution >= 4 is 11.8 Å². The zero-order valence-electron chi connectivity index (χ0n) is 13.9. The van der Waals surface area contributed by atoms with Gasteiger partial charge in [0.05, 0.1) is 0 Å². The summed E-state index contributed by atoms with van der Waals surface area (Å²) in [7, 11) is 1.46. The van der Waals surface area contributed by atoms with Crippen molar-refractivity contribution < 1.29 is 14.3 Å². The van der Waals surface area contributed by atoms with Gasteiger partial charge in [0, 0.05) is 13.5 Å². The number of methoxy groups -OCH3 is 1. The Hall–Kier alpha value is -2.66. The largest absolute Gasteiger partial charge is 0.368 e. The number of amides is 2. The molecule has 0 aromatic heterocycles. The van der Waals surface area contributed by atoms with Gasteiger partial charge in [-0.3, -0.25) is 9.59 Å². The van der Waals surface area contributed by atoms with E-state index in [4.69, 9.17) is 10.5 Å². The van der Waals surface area contributed by atoms with Crippen LogP contribution >= 0.6 is 0 Å². The predicted molar refractivity (Wildman–Crippen MR) is 92.2 cm³/mol. The molecule has 3 N–H and O–H groups in total. The minimum Gasteiger partial charge on any atom is -0.368 e. The van der Waals surface area contributed by atoms with E-state index in [0.29, 0.717) is 6.42 Å². The standard InChI is InChI=1S/C19H22N2O3/c1-13-8-6-7-11-15(13)12-16(18(20)22)21-19(23)17(24-2)14-9-4-3-5-10-14/h3-11,16-17H,12H2,1-2H3,(H2,20,22)(H,21,23)/t16-,17+/m1/s1. The van der Waals surface area contributed by atoms with Gasteiger partial charge in [0.15, 0.2) is 6.10 Å². The van der Waals surface area contributed by atoms with Gasteiger partial charge >= 0.3 is 0 Å². The van der Waals surface area contributed by atoms with Crippen LogP contribution in [0.2, 0.25) is 0 Å². The molecular weight excluding hydrogens is 304 g/mol. The van der Waals surface area contributed by atoms with Gasteiger partial charge in [-0.1, -0.05) is 54.6 Å². The number of hydrogen-bond donors (Lipinski definition) is 2. The van der Waals surface area contributed by atoms with Gasteiger partial charge in [0.2, 0.25) is 5.91 Å². The van der Waals surface area contributed by atoms with Gasteiger partial charge in [-0.2, -0.15) is 0 Å². The number of nitrogens with two attached hydrogens (primary N) is 1. The smallest absolute Gasteiger partial charge is 0.254 e. The summed E-state index contributed by atoms with van der Waals surface area (Å²) in [6, 6.07) is 16.0. The third kappa shape index (κ3) is 4.43. The van der Waals surface area contributed by atoms with Gasteiger partial charge in [-0.15, -0.1) is 0 Å². The van der Waals surface area contributed by atoms with Crippen LogP contribution < -0.4 is 11.1 Å². The summed E-state index contributed by atoms with van der Waals surface area (Å²) in [5.74, 6) is -0.962. The second-order valence-electron chi connectivity index (χ2n) is 5.62. The van der Waals surface area contributed by atoms with Gasteiger partial charge in [-0.05, 0) is 23.6 Å². The fraction of sp³-hybridized carbons (Fsp3) is 0.263. The van der Waals surface area contributed by atoms with Crippen molar-refractivity contribution in [2.24, 2.45) is 5.73 Å². The molecule has 0 heterocycles. The maximum atomic E-state index is 12.5. The van der Waals surface area contributed by atoms with E-state index in [9.17, 15) is 9.59 Å². The van der Waals surface area contributed by atoms with Crippen molar-refractivity contribution in [1.82, 2.24) is 5.32 Å². The maximum absolute atomic E-state index is 12.5. The van der Waals surface area contributed by atoms with E-state index in [1.54, 1.807) is 12.1 Å². The maximum Gasteiger partial charge on any atom is 0.254 e. The third-order valence-electron chi connectivity index (χ3n) is 3.92. The molecule has 2 rings (SSSR count). The van der Waals surface area contributed by atoms with Crippen LogP contribution in [0.4, 0.5) is 0 Å². The summed E-state index contributed by atoms with van der Waals surface area (Å²) in [5.41, 5.74) is 8.20. The number of ether oxygens (including phenoxy) is 1. The molecule has 2 aromatic rings. The van der Waals surface area contributed by atoms with Crippen LogP contribution in [0.5, 0.6) is 0 Å². The van der Waals surface area contributed by atoms with Crippen LogP contribution in [0.1, 0.15) is 22.8 Å². The molecule has 0 bridgehead atoms. The molecule has 0 saturated carbocycles. The molecule has 126 valence electrons. The highest BCUT2D eigenvalue weighted by Gasteiger charge is 2.25. The summed E-state index contributed by atoms with van der Waals surface area (Å²) >= 11 is 0. The lowest BCUT2D eigenvalue weighted by molar-refractivity contribution is -0.134. The molecule has 5 heteroatoms. The van der Waals surface area contributed by atoms with Crippen molar-refractivity contribution in [3.05, 3.63) is 71.3 Å². The fourth-order valence-corrected chi connectivity index (χ4v) is 2.55. The lowest BCUT2D eigenvalue weighted by Crippen LogP contribution is -2.47. The first-order chi connectivity index (χ1) is 11.5. The summed E-state index contributed by atoms with van der Waals surface area (Å²) < 4.78 is 5.29. The molecule has 0 aliphatic carbocycles. The average molecular weight is 326 g/mol. The molecule has 0 radical (unpaired) electrons. The number of nitrogens with one attached hydrogen (secondary N) is 1. The van der Waals surface area contributed by atoms with E-state index in [1.807, 2.05) is 49.4 Å². The minimum absolute atomic E-state index is 0.346. The lowest BCUT2D eigenvalue weighted by Gasteiger charge is -2.21. The second-order valence-corrected chi connectivity index (χ2v) is 5.62. The zero-order valence-corrected chi connectivity index (χ0v) is 13.9. The topological polar surface area (TPSA) is 81.4 Å². The summed E-state index contributed by atoms with van der Waals surface area (Å²) in [4.78, 5) is 24.3. The number of carbonyl (C=O) groups is 2. The van der Waals surface area contributed by atoms with Crippen molar-refractivity contribution in [1.29, 1.82) is 0 Å². The third-order valence-corrected chi connectivity index (χ3v) is 3.92. The Bertz CT molecular complexity index is 701. The van der Waals surface area contributed by atoms with E-state index < -0.39 is 18.1 Å². The van der Waals surface area contributed by atoms with E-state index >= 15 is 0 Å². The number of rotatable bonds is 7. The SMILES string of the molecule is CO[C@H](C(=O)N[C@H](Cc1ccccc1C)C(N)=O)c1ccccc1. The summed E-state index contributed by atoms with van der Waals surface area (Å²) in [5, 5.41) is 2.70. The molecule has 0 aliphatic heterocycles. The van der Waals surface area contributed by atoms with Gasteiger partial charge < -0.3 is 15.8 Å². The fourth-order valence-electron chi connectivity index (χ4n) is 2.55. The number of aryl methyl sites for hydroxylation is 1. The molecule has 0 spiro atoms. The van der Waals surface area contributed by atoms with Crippen LogP contribution in [0, 0.1) is 6.92 Å². The Morgan fingerprint density at radius 1 is 1.08 bits per heavy atom. The Morgan fingerprint density at radius 2 is 1.71 bits per heavy atom. The summed E-state index contributed by atoms with van der Waals surface area (Å²) in [6.45, 7) is 1.96. The van der Waals surface area contributed by atoms with E-state index in [-0.39, 0.29) is 5.91 Å². The molecule has 2 aromatic carbocycles. The number of carbonyl (C=O) groups excluding carboxylic acids is 2. The monoisotopic (exact) mass is 326 g/mol. The van der Waals surface area contributed by atoms with Gasteiger partial charge in [0.1, 0.15) is 6.04 Å². The molecule has 2 atom stereocenters. The minimum atomic E-state index is -0.792. The Balaban J connectivity index is 2.13. The molecule has 0 aliphatic rings. The number of primary amides is 1. The van der Waals surface area contributed by atoms with Crippen molar-refractivity contribution in [2.75, 3.05) is 7.11 Å². The van der Waals surface area contributed by atoms with Crippen LogP contribution in [0.3, 0.4) is 0 Å². The molecule has 2 amide bonds.